The van der Waals surface area contributed by atoms with Crippen LogP contribution < -0.4 is 0 Å². The zero-order chi connectivity index (χ0) is 59.1. The molecule has 0 bridgehead atoms. The molecule has 6 heterocycles. The number of furan rings is 1. The summed E-state index contributed by atoms with van der Waals surface area (Å²) in [5.74, 6) is 0.649. The van der Waals surface area contributed by atoms with Crippen LogP contribution in [0.1, 0.15) is 25.0 Å². The molecule has 6 aromatic heterocycles. The SMILES string of the molecule is CC1(C)c2ccccc2-c2cc3c(cc21)c1ccccc1n3-c1cccc(-c2ccc3nc(-c4cccc(-n5c6ccccc6c6cc7oc8ccccc8c7cc65)c4)nc(-c4cccc(-n5c6ccccc6c6cc7sc8ccccc8c7cc65)c4)c3c2)c1. The topological polar surface area (TPSA) is 53.7 Å². The van der Waals surface area contributed by atoms with Crippen LogP contribution in [0.5, 0.6) is 0 Å². The molecule has 0 amide bonds. The fraction of sp³-hybridized carbons (Fsp3) is 0.0361. The number of nitrogens with zero attached hydrogens (tertiary/aromatic N) is 5. The zero-order valence-electron chi connectivity index (χ0n) is 49.0. The Morgan fingerprint density at radius 2 is 0.856 bits per heavy atom. The normalized spacial score (nSPS) is 13.1. The molecule has 13 aromatic carbocycles. The van der Waals surface area contributed by atoms with Crippen LogP contribution in [-0.4, -0.2) is 23.7 Å². The van der Waals surface area contributed by atoms with Gasteiger partial charge in [-0.3, -0.25) is 0 Å². The van der Waals surface area contributed by atoms with Crippen molar-refractivity contribution in [1.29, 1.82) is 0 Å². The largest absolute Gasteiger partial charge is 0.456 e. The molecule has 0 spiro atoms. The van der Waals surface area contributed by atoms with Crippen LogP contribution in [0.2, 0.25) is 0 Å². The maximum Gasteiger partial charge on any atom is 0.160 e. The van der Waals surface area contributed by atoms with Gasteiger partial charge in [0, 0.05) is 102 Å². The molecule has 0 saturated heterocycles. The third kappa shape index (κ3) is 7.03. The fourth-order valence-corrected chi connectivity index (χ4v) is 16.6. The Bertz CT molecular complexity index is 6340. The van der Waals surface area contributed by atoms with Crippen molar-refractivity contribution in [3.05, 3.63) is 284 Å². The van der Waals surface area contributed by atoms with Gasteiger partial charge in [0.1, 0.15) is 11.2 Å². The lowest BCUT2D eigenvalue weighted by Gasteiger charge is -2.21. The summed E-state index contributed by atoms with van der Waals surface area (Å²) in [6.45, 7) is 4.73. The molecule has 6 nitrogen and oxygen atoms in total. The first-order chi connectivity index (χ1) is 44.3. The Morgan fingerprint density at radius 3 is 1.58 bits per heavy atom. The molecule has 7 heteroatoms. The molecule has 0 atom stereocenters. The second-order valence-corrected chi connectivity index (χ2v) is 25.9. The standard InChI is InChI=1S/C83H51N5OS/c1-83(2)68-30-9-3-24-55(68)61-43-74-62(42-69(61)83)56-25-4-10-31-71(56)86(74)52-21-15-18-48(38-52)49-36-37-70-67(41-49)81(50-19-16-22-53(39-50)87-73-33-12-6-27-58(73)64-47-80-66(45-76(64)87)60-29-8-14-35-79(60)90-80)85-82(84-70)51-20-17-23-54(40-51)88-72-32-11-5-26-57(72)63-46-78-65(44-75(63)88)59-28-7-13-34-77(59)89-78/h3-47H,1-2H3. The van der Waals surface area contributed by atoms with Crippen molar-refractivity contribution < 1.29 is 4.42 Å². The first-order valence-corrected chi connectivity index (χ1v) is 31.7. The van der Waals surface area contributed by atoms with Crippen LogP contribution >= 0.6 is 11.3 Å². The van der Waals surface area contributed by atoms with E-state index < -0.39 is 0 Å². The highest BCUT2D eigenvalue weighted by atomic mass is 32.1. The van der Waals surface area contributed by atoms with Gasteiger partial charge < -0.3 is 18.1 Å². The molecule has 0 fully saturated rings. The lowest BCUT2D eigenvalue weighted by molar-refractivity contribution is 0.661. The van der Waals surface area contributed by atoms with Gasteiger partial charge in [0.05, 0.1) is 44.3 Å². The summed E-state index contributed by atoms with van der Waals surface area (Å²) in [4.78, 5) is 11.3. The third-order valence-electron chi connectivity index (χ3n) is 19.6. The Hall–Kier alpha value is -11.4. The van der Waals surface area contributed by atoms with Gasteiger partial charge >= 0.3 is 0 Å². The van der Waals surface area contributed by atoms with E-state index >= 15 is 0 Å². The summed E-state index contributed by atoms with van der Waals surface area (Å²) in [5, 5.41) is 13.0. The Kier molecular flexibility index (Phi) is 10.1. The molecule has 0 radical (unpaired) electrons. The lowest BCUT2D eigenvalue weighted by Crippen LogP contribution is -2.14. The second-order valence-electron chi connectivity index (χ2n) is 24.8. The molecule has 0 unspecified atom stereocenters. The van der Waals surface area contributed by atoms with Gasteiger partial charge in [-0.2, -0.15) is 0 Å². The predicted molar refractivity (Wildman–Crippen MR) is 377 cm³/mol. The first-order valence-electron chi connectivity index (χ1n) is 30.9. The van der Waals surface area contributed by atoms with E-state index in [0.29, 0.717) is 5.82 Å². The Balaban J connectivity index is 0.782. The van der Waals surface area contributed by atoms with Gasteiger partial charge in [0.15, 0.2) is 5.82 Å². The monoisotopic (exact) mass is 1170 g/mol. The Morgan fingerprint density at radius 1 is 0.311 bits per heavy atom. The van der Waals surface area contributed by atoms with Crippen LogP contribution in [0.15, 0.2) is 277 Å². The van der Waals surface area contributed by atoms with Gasteiger partial charge in [0.25, 0.3) is 0 Å². The third-order valence-corrected chi connectivity index (χ3v) is 20.7. The van der Waals surface area contributed by atoms with Crippen LogP contribution in [0.25, 0.3) is 180 Å². The summed E-state index contributed by atoms with van der Waals surface area (Å²) >= 11 is 1.86. The number of fused-ring (bicyclic) bond motifs is 19. The van der Waals surface area contributed by atoms with Crippen LogP contribution in [0, 0.1) is 0 Å². The van der Waals surface area contributed by atoms with Crippen molar-refractivity contribution in [2.24, 2.45) is 0 Å². The maximum absolute atomic E-state index is 6.46. The minimum atomic E-state index is -0.107. The molecule has 20 rings (SSSR count). The van der Waals surface area contributed by atoms with Crippen LogP contribution in [-0.2, 0) is 5.41 Å². The first kappa shape index (κ1) is 49.7. The number of thiophene rings is 1. The van der Waals surface area contributed by atoms with E-state index in [1.807, 2.05) is 23.5 Å². The summed E-state index contributed by atoms with van der Waals surface area (Å²) < 4.78 is 16.3. The van der Waals surface area contributed by atoms with Gasteiger partial charge in [-0.25, -0.2) is 9.97 Å². The highest BCUT2D eigenvalue weighted by Gasteiger charge is 2.36. The number of para-hydroxylation sites is 4. The van der Waals surface area contributed by atoms with E-state index in [2.05, 4.69) is 288 Å². The van der Waals surface area contributed by atoms with E-state index in [1.54, 1.807) is 0 Å². The highest BCUT2D eigenvalue weighted by Crippen LogP contribution is 2.52. The molecule has 1 aliphatic rings. The van der Waals surface area contributed by atoms with E-state index in [0.717, 1.165) is 105 Å². The Labute approximate surface area is 520 Å². The van der Waals surface area contributed by atoms with Crippen molar-refractivity contribution >= 4 is 130 Å². The predicted octanol–water partition coefficient (Wildman–Crippen LogP) is 22.5. The zero-order valence-corrected chi connectivity index (χ0v) is 49.8. The molecule has 0 saturated carbocycles. The smallest absolute Gasteiger partial charge is 0.160 e. The lowest BCUT2D eigenvalue weighted by atomic mass is 9.82. The summed E-state index contributed by atoms with van der Waals surface area (Å²) in [5.41, 5.74) is 23.0. The molecular weight excluding hydrogens is 1120 g/mol. The number of benzene rings is 13. The number of rotatable bonds is 6. The van der Waals surface area contributed by atoms with Crippen molar-refractivity contribution in [3.63, 3.8) is 0 Å². The van der Waals surface area contributed by atoms with Gasteiger partial charge in [-0.1, -0.05) is 172 Å². The average Bonchev–Trinajstić information content (AvgIpc) is 1.60. The molecule has 0 aliphatic heterocycles. The molecular formula is C83H51N5OS. The van der Waals surface area contributed by atoms with Crippen molar-refractivity contribution in [2.75, 3.05) is 0 Å². The molecule has 90 heavy (non-hydrogen) atoms. The van der Waals surface area contributed by atoms with E-state index in [9.17, 15) is 0 Å². The van der Waals surface area contributed by atoms with Crippen LogP contribution in [0.3, 0.4) is 0 Å². The van der Waals surface area contributed by atoms with Gasteiger partial charge in [-0.15, -0.1) is 11.3 Å². The van der Waals surface area contributed by atoms with Crippen molar-refractivity contribution in [3.8, 4) is 62.0 Å². The van der Waals surface area contributed by atoms with Crippen LogP contribution in [0.4, 0.5) is 0 Å². The average molecular weight is 1170 g/mol. The molecule has 0 N–H and O–H groups in total. The summed E-state index contributed by atoms with van der Waals surface area (Å²) in [6, 6.07) is 100. The van der Waals surface area contributed by atoms with Crippen molar-refractivity contribution in [1.82, 2.24) is 23.7 Å². The number of hydrogen-bond acceptors (Lipinski definition) is 4. The minimum Gasteiger partial charge on any atom is -0.456 e. The van der Waals surface area contributed by atoms with Gasteiger partial charge in [-0.05, 0) is 149 Å². The second kappa shape index (κ2) is 18.3. The van der Waals surface area contributed by atoms with E-state index in [4.69, 9.17) is 14.4 Å². The highest BCUT2D eigenvalue weighted by molar-refractivity contribution is 7.25. The minimum absolute atomic E-state index is 0.107. The van der Waals surface area contributed by atoms with Crippen molar-refractivity contribution in [2.45, 2.75) is 19.3 Å². The quantitative estimate of drug-likeness (QED) is 0.167. The molecule has 19 aromatic rings. The number of hydrogen-bond donors (Lipinski definition) is 0. The van der Waals surface area contributed by atoms with Gasteiger partial charge in [0.2, 0.25) is 0 Å². The molecule has 1 aliphatic carbocycles. The van der Waals surface area contributed by atoms with E-state index in [-0.39, 0.29) is 5.41 Å². The molecule has 420 valence electrons. The number of aromatic nitrogens is 5. The summed E-state index contributed by atoms with van der Waals surface area (Å²) in [6.07, 6.45) is 0. The van der Waals surface area contributed by atoms with E-state index in [1.165, 1.54) is 80.5 Å². The maximum atomic E-state index is 6.46. The summed E-state index contributed by atoms with van der Waals surface area (Å²) in [7, 11) is 0. The fourth-order valence-electron chi connectivity index (χ4n) is 15.4.